The molecule has 1 amide bonds. The van der Waals surface area contributed by atoms with E-state index in [0.717, 1.165) is 18.2 Å². The molecule has 0 heterocycles. The number of benzene rings is 2. The second-order valence-corrected chi connectivity index (χ2v) is 8.29. The fourth-order valence-corrected chi connectivity index (χ4v) is 3.28. The summed E-state index contributed by atoms with van der Waals surface area (Å²) in [6.45, 7) is -2.17. The van der Waals surface area contributed by atoms with Gasteiger partial charge in [0.15, 0.2) is 0 Å². The smallest absolute Gasteiger partial charge is 0.381 e. The molecule has 0 bridgehead atoms. The van der Waals surface area contributed by atoms with Gasteiger partial charge in [-0.1, -0.05) is 17.7 Å². The lowest BCUT2D eigenvalue weighted by molar-refractivity contribution is -0.261. The average Bonchev–Trinajstić information content (AvgIpc) is 2.73. The second kappa shape index (κ2) is 10.7. The summed E-state index contributed by atoms with van der Waals surface area (Å²) in [5, 5.41) is 14.0. The van der Waals surface area contributed by atoms with Gasteiger partial charge in [-0.25, -0.2) is 0 Å². The summed E-state index contributed by atoms with van der Waals surface area (Å²) < 4.78 is 157. The third kappa shape index (κ3) is 8.06. The Morgan fingerprint density at radius 3 is 1.71 bits per heavy atom. The Balaban J connectivity index is 2.34. The van der Waals surface area contributed by atoms with Crippen molar-refractivity contribution < 1.29 is 62.6 Å². The van der Waals surface area contributed by atoms with Gasteiger partial charge in [0, 0.05) is 17.3 Å². The van der Waals surface area contributed by atoms with E-state index in [4.69, 9.17) is 11.6 Å². The summed E-state index contributed by atoms with van der Waals surface area (Å²) in [6, 6.07) is 2.06. The van der Waals surface area contributed by atoms with Gasteiger partial charge in [-0.15, -0.1) is 0 Å². The molecule has 0 aromatic heterocycles. The molecule has 212 valence electrons. The first kappa shape index (κ1) is 31.3. The average molecular weight is 591 g/mol. The van der Waals surface area contributed by atoms with Crippen LogP contribution in [0, 0.1) is 0 Å². The normalized spacial score (nSPS) is 14.7. The molecule has 0 radical (unpaired) electrons. The van der Waals surface area contributed by atoms with Gasteiger partial charge in [0.2, 0.25) is 11.5 Å². The van der Waals surface area contributed by atoms with Gasteiger partial charge in [-0.05, 0) is 41.5 Å². The molecule has 0 unspecified atom stereocenters. The lowest BCUT2D eigenvalue weighted by Gasteiger charge is -2.32. The number of amides is 1. The topological polar surface area (TPSA) is 61.4 Å². The molecule has 1 atom stereocenters. The number of carbonyl (C=O) groups excluding carboxylic acids is 1. The van der Waals surface area contributed by atoms with E-state index in [-0.39, 0.29) is 28.4 Å². The van der Waals surface area contributed by atoms with E-state index in [2.05, 4.69) is 0 Å². The van der Waals surface area contributed by atoms with Crippen molar-refractivity contribution in [1.82, 2.24) is 5.32 Å². The monoisotopic (exact) mass is 590 g/mol. The van der Waals surface area contributed by atoms with Crippen molar-refractivity contribution in [2.45, 2.75) is 43.3 Å². The van der Waals surface area contributed by atoms with E-state index in [0.29, 0.717) is 0 Å². The molecule has 2 aromatic rings. The van der Waals surface area contributed by atoms with E-state index in [1.165, 1.54) is 0 Å². The highest BCUT2D eigenvalue weighted by Gasteiger charge is 2.56. The zero-order valence-corrected chi connectivity index (χ0v) is 19.1. The maximum Gasteiger partial charge on any atom is 0.423 e. The van der Waals surface area contributed by atoms with Crippen LogP contribution in [0.1, 0.15) is 28.7 Å². The van der Waals surface area contributed by atoms with Crippen molar-refractivity contribution in [3.05, 3.63) is 63.7 Å². The molecule has 0 fully saturated rings. The molecule has 0 saturated heterocycles. The quantitative estimate of drug-likeness (QED) is 0.311. The van der Waals surface area contributed by atoms with Crippen molar-refractivity contribution in [1.29, 1.82) is 0 Å². The minimum atomic E-state index is -5.76. The number of carbonyl (C=O) groups is 1. The zero-order valence-electron chi connectivity index (χ0n) is 18.4. The summed E-state index contributed by atoms with van der Waals surface area (Å²) in [6.07, 6.45) is -23.3. The van der Waals surface area contributed by atoms with E-state index in [9.17, 15) is 62.6 Å². The summed E-state index contributed by atoms with van der Waals surface area (Å²) in [7, 11) is 0. The predicted molar refractivity (Wildman–Crippen MR) is 109 cm³/mol. The molecule has 0 aliphatic rings. The molecule has 17 heteroatoms. The van der Waals surface area contributed by atoms with Crippen LogP contribution in [0.15, 0.2) is 36.4 Å². The number of anilines is 1. The third-order valence-corrected chi connectivity index (χ3v) is 5.32. The Morgan fingerprint density at radius 2 is 1.29 bits per heavy atom. The fraction of sp³-hybridized carbons (Fsp3) is 0.381. The maximum atomic E-state index is 13.8. The Bertz CT molecular complexity index is 1130. The predicted octanol–water partition coefficient (Wildman–Crippen LogP) is 6.81. The van der Waals surface area contributed by atoms with E-state index in [1.807, 2.05) is 10.6 Å². The number of rotatable bonds is 7. The van der Waals surface area contributed by atoms with Crippen LogP contribution in [-0.2, 0) is 29.3 Å². The number of hydrogen-bond acceptors (Lipinski definition) is 3. The Labute approximate surface area is 210 Å². The van der Waals surface area contributed by atoms with Crippen molar-refractivity contribution in [3.8, 4) is 0 Å². The molecule has 0 saturated carbocycles. The zero-order chi connectivity index (χ0) is 29.3. The van der Waals surface area contributed by atoms with Gasteiger partial charge in [0.1, 0.15) is 6.42 Å². The molecule has 4 nitrogen and oxygen atoms in total. The van der Waals surface area contributed by atoms with Crippen molar-refractivity contribution in [2.75, 3.05) is 11.9 Å². The van der Waals surface area contributed by atoms with E-state index < -0.39 is 78.5 Å². The first-order valence-electron chi connectivity index (χ1n) is 9.98. The number of nitrogens with one attached hydrogen (secondary N) is 2. The van der Waals surface area contributed by atoms with Crippen LogP contribution in [0.4, 0.5) is 58.4 Å². The van der Waals surface area contributed by atoms with Gasteiger partial charge < -0.3 is 15.7 Å². The number of alkyl halides is 12. The van der Waals surface area contributed by atoms with Crippen LogP contribution >= 0.6 is 11.6 Å². The Kier molecular flexibility index (Phi) is 8.83. The number of halogens is 13. The Hall–Kier alpha value is -2.88. The molecular formula is C21H15ClF12N2O2. The van der Waals surface area contributed by atoms with Crippen molar-refractivity contribution in [2.24, 2.45) is 0 Å². The Morgan fingerprint density at radius 1 is 0.789 bits per heavy atom. The summed E-state index contributed by atoms with van der Waals surface area (Å²) in [5.74, 6) is -1.40. The van der Waals surface area contributed by atoms with E-state index >= 15 is 0 Å². The third-order valence-electron chi connectivity index (χ3n) is 4.97. The summed E-state index contributed by atoms with van der Waals surface area (Å²) in [5.41, 5.74) is -10.4. The molecule has 0 spiro atoms. The fourth-order valence-electron chi connectivity index (χ4n) is 3.03. The van der Waals surface area contributed by atoms with Crippen LogP contribution in [-0.4, -0.2) is 29.9 Å². The first-order chi connectivity index (χ1) is 17.0. The van der Waals surface area contributed by atoms with E-state index in [1.54, 1.807) is 0 Å². The van der Waals surface area contributed by atoms with Gasteiger partial charge in [-0.3, -0.25) is 4.79 Å². The molecule has 2 rings (SSSR count). The minimum absolute atomic E-state index is 0.0199. The molecule has 0 aliphatic carbocycles. The molecule has 0 aliphatic heterocycles. The molecule has 38 heavy (non-hydrogen) atoms. The molecule has 3 N–H and O–H groups in total. The highest BCUT2D eigenvalue weighted by Crippen LogP contribution is 2.44. The van der Waals surface area contributed by atoms with Crippen LogP contribution in [0.25, 0.3) is 0 Å². The molecule has 2 aromatic carbocycles. The minimum Gasteiger partial charge on any atom is -0.381 e. The van der Waals surface area contributed by atoms with Crippen molar-refractivity contribution in [3.63, 3.8) is 0 Å². The second-order valence-electron chi connectivity index (χ2n) is 7.88. The van der Waals surface area contributed by atoms with Gasteiger partial charge in [-0.2, -0.15) is 52.7 Å². The van der Waals surface area contributed by atoms with Crippen molar-refractivity contribution >= 4 is 23.2 Å². The highest BCUT2D eigenvalue weighted by molar-refractivity contribution is 6.31. The van der Waals surface area contributed by atoms with Crippen LogP contribution in [0.5, 0.6) is 0 Å². The lowest BCUT2D eigenvalue weighted by atomic mass is 9.89. The maximum absolute atomic E-state index is 13.8. The van der Waals surface area contributed by atoms with Crippen LogP contribution in [0.2, 0.25) is 5.02 Å². The van der Waals surface area contributed by atoms with Gasteiger partial charge in [0.25, 0.3) is 0 Å². The summed E-state index contributed by atoms with van der Waals surface area (Å²) >= 11 is 5.90. The first-order valence-corrected chi connectivity index (χ1v) is 10.4. The molecular weight excluding hydrogens is 576 g/mol. The summed E-state index contributed by atoms with van der Waals surface area (Å²) in [4.78, 5) is 11.3. The van der Waals surface area contributed by atoms with Crippen LogP contribution < -0.4 is 10.6 Å². The largest absolute Gasteiger partial charge is 0.423 e. The number of aliphatic hydroxyl groups is 1. The highest BCUT2D eigenvalue weighted by atomic mass is 35.5. The van der Waals surface area contributed by atoms with Crippen LogP contribution in [0.3, 0.4) is 0 Å². The number of hydrogen-bond donors (Lipinski definition) is 3. The van der Waals surface area contributed by atoms with Gasteiger partial charge in [0.05, 0.1) is 17.7 Å². The lowest BCUT2D eigenvalue weighted by Crippen LogP contribution is -2.48. The SMILES string of the molecule is O=C(CC(F)(F)F)NCc1ccc(NC[C@](O)(c2cc(C(F)(F)F)cc(C(F)(F)F)c2)C(F)(F)F)cc1Cl. The standard InChI is InChI=1S/C21H15ClF12N2O2/c22-15-6-14(2-1-10(15)8-35-16(37)7-18(23,24)25)36-9-17(38,21(32,33)34)11-3-12(19(26,27)28)5-13(4-11)20(29,30)31/h1-6,36,38H,7-9H2,(H,35,37)/t17-/m0/s1. The van der Waals surface area contributed by atoms with Gasteiger partial charge >= 0.3 is 24.7 Å².